The summed E-state index contributed by atoms with van der Waals surface area (Å²) < 4.78 is 7.51. The fourth-order valence-corrected chi connectivity index (χ4v) is 3.87. The van der Waals surface area contributed by atoms with Gasteiger partial charge in [0.1, 0.15) is 11.4 Å². The van der Waals surface area contributed by atoms with Gasteiger partial charge in [0, 0.05) is 11.9 Å². The van der Waals surface area contributed by atoms with E-state index in [-0.39, 0.29) is 11.7 Å². The quantitative estimate of drug-likeness (QED) is 0.394. The molecule has 0 saturated heterocycles. The topological polar surface area (TPSA) is 81.9 Å². The normalized spacial score (nSPS) is 10.7. The van der Waals surface area contributed by atoms with Gasteiger partial charge < -0.3 is 10.1 Å². The van der Waals surface area contributed by atoms with Crippen LogP contribution in [0.25, 0.3) is 17.2 Å². The van der Waals surface area contributed by atoms with E-state index in [0.717, 1.165) is 11.3 Å². The number of amides is 1. The molecule has 0 aliphatic rings. The van der Waals surface area contributed by atoms with E-state index in [2.05, 4.69) is 20.5 Å². The predicted octanol–water partition coefficient (Wildman–Crippen LogP) is 4.77. The summed E-state index contributed by atoms with van der Waals surface area (Å²) in [4.78, 5) is 17.1. The van der Waals surface area contributed by atoms with Crippen LogP contribution in [0.1, 0.15) is 12.5 Å². The molecule has 32 heavy (non-hydrogen) atoms. The Bertz CT molecular complexity index is 1190. The van der Waals surface area contributed by atoms with E-state index in [9.17, 15) is 4.79 Å². The Kier molecular flexibility index (Phi) is 6.81. The molecule has 162 valence electrons. The molecule has 0 saturated carbocycles. The Morgan fingerprint density at radius 2 is 1.81 bits per heavy atom. The summed E-state index contributed by atoms with van der Waals surface area (Å²) in [5.41, 5.74) is 3.42. The van der Waals surface area contributed by atoms with Crippen LogP contribution < -0.4 is 10.1 Å². The molecule has 4 rings (SSSR count). The number of carbonyl (C=O) groups is 1. The summed E-state index contributed by atoms with van der Waals surface area (Å²) in [5.74, 6) is 1.29. The van der Waals surface area contributed by atoms with Gasteiger partial charge in [-0.05, 0) is 50.2 Å². The molecule has 0 radical (unpaired) electrons. The maximum Gasteiger partial charge on any atom is 0.234 e. The van der Waals surface area contributed by atoms with Gasteiger partial charge in [-0.15, -0.1) is 10.2 Å². The summed E-state index contributed by atoms with van der Waals surface area (Å²) in [6.45, 7) is 4.47. The smallest absolute Gasteiger partial charge is 0.234 e. The summed E-state index contributed by atoms with van der Waals surface area (Å²) in [6, 6.07) is 21.1. The second kappa shape index (κ2) is 10.1. The molecule has 0 spiro atoms. The minimum Gasteiger partial charge on any atom is -0.492 e. The first kappa shape index (κ1) is 21.6. The van der Waals surface area contributed by atoms with E-state index in [1.54, 1.807) is 6.20 Å². The first-order valence-corrected chi connectivity index (χ1v) is 11.2. The lowest BCUT2D eigenvalue weighted by Gasteiger charge is -2.12. The van der Waals surface area contributed by atoms with E-state index in [1.165, 1.54) is 11.8 Å². The van der Waals surface area contributed by atoms with E-state index in [0.29, 0.717) is 34.7 Å². The first-order valence-electron chi connectivity index (χ1n) is 10.2. The number of hydrogen-bond acceptors (Lipinski definition) is 6. The van der Waals surface area contributed by atoms with Gasteiger partial charge in [0.25, 0.3) is 0 Å². The zero-order valence-corrected chi connectivity index (χ0v) is 18.7. The number of nitrogens with one attached hydrogen (secondary N) is 1. The van der Waals surface area contributed by atoms with Crippen LogP contribution in [0.15, 0.2) is 78.1 Å². The molecule has 2 aromatic heterocycles. The third kappa shape index (κ3) is 4.97. The van der Waals surface area contributed by atoms with Gasteiger partial charge >= 0.3 is 0 Å². The molecule has 0 unspecified atom stereocenters. The number of rotatable bonds is 8. The molecule has 0 atom stereocenters. The Morgan fingerprint density at radius 1 is 1.03 bits per heavy atom. The highest BCUT2D eigenvalue weighted by molar-refractivity contribution is 7.99. The van der Waals surface area contributed by atoms with Crippen molar-refractivity contribution in [3.8, 4) is 23.0 Å². The monoisotopic (exact) mass is 445 g/mol. The molecule has 2 aromatic carbocycles. The Hall–Kier alpha value is -3.65. The number of aromatic nitrogens is 4. The predicted molar refractivity (Wildman–Crippen MR) is 126 cm³/mol. The lowest BCUT2D eigenvalue weighted by Crippen LogP contribution is -2.15. The van der Waals surface area contributed by atoms with Gasteiger partial charge in [-0.25, -0.2) is 0 Å². The van der Waals surface area contributed by atoms with Crippen LogP contribution in [-0.2, 0) is 4.79 Å². The second-order valence-corrected chi connectivity index (χ2v) is 7.90. The maximum atomic E-state index is 12.7. The number of aryl methyl sites for hydroxylation is 1. The molecule has 0 fully saturated rings. The van der Waals surface area contributed by atoms with Crippen LogP contribution in [-0.4, -0.2) is 38.0 Å². The van der Waals surface area contributed by atoms with E-state index in [1.807, 2.05) is 85.1 Å². The average Bonchev–Trinajstić information content (AvgIpc) is 3.24. The van der Waals surface area contributed by atoms with Crippen molar-refractivity contribution in [3.63, 3.8) is 0 Å². The maximum absolute atomic E-state index is 12.7. The fraction of sp³-hybridized carbons (Fsp3) is 0.167. The molecule has 8 heteroatoms. The molecule has 1 amide bonds. The number of ether oxygens (including phenoxy) is 1. The zero-order chi connectivity index (χ0) is 22.3. The number of hydrogen-bond donors (Lipinski definition) is 1. The van der Waals surface area contributed by atoms with Crippen LogP contribution in [0, 0.1) is 6.92 Å². The highest BCUT2D eigenvalue weighted by atomic mass is 32.2. The van der Waals surface area contributed by atoms with Gasteiger partial charge in [-0.1, -0.05) is 47.7 Å². The Labute approximate surface area is 190 Å². The number of benzene rings is 2. The Morgan fingerprint density at radius 3 is 2.56 bits per heavy atom. The van der Waals surface area contributed by atoms with Crippen molar-refractivity contribution in [2.45, 2.75) is 19.0 Å². The van der Waals surface area contributed by atoms with Gasteiger partial charge in [-0.3, -0.25) is 14.3 Å². The molecule has 0 aliphatic carbocycles. The van der Waals surface area contributed by atoms with Gasteiger partial charge in [-0.2, -0.15) is 0 Å². The van der Waals surface area contributed by atoms with Gasteiger partial charge in [0.15, 0.2) is 11.0 Å². The summed E-state index contributed by atoms with van der Waals surface area (Å²) in [6.07, 6.45) is 1.72. The van der Waals surface area contributed by atoms with Crippen molar-refractivity contribution < 1.29 is 9.53 Å². The van der Waals surface area contributed by atoms with E-state index < -0.39 is 0 Å². The second-order valence-electron chi connectivity index (χ2n) is 6.96. The third-order valence-corrected chi connectivity index (χ3v) is 5.54. The number of thioether (sulfide) groups is 1. The first-order chi connectivity index (χ1) is 15.7. The SMILES string of the molecule is CCOc1ccccc1NC(=O)CSc1nnc(-c2ccccn2)n1-c1ccc(C)cc1. The molecule has 1 N–H and O–H groups in total. The van der Waals surface area contributed by atoms with Crippen LogP contribution in [0.2, 0.25) is 0 Å². The van der Waals surface area contributed by atoms with E-state index >= 15 is 0 Å². The minimum atomic E-state index is -0.153. The van der Waals surface area contributed by atoms with Crippen molar-refractivity contribution in [3.05, 3.63) is 78.5 Å². The van der Waals surface area contributed by atoms with Crippen LogP contribution >= 0.6 is 11.8 Å². The van der Waals surface area contributed by atoms with Crippen molar-refractivity contribution in [2.75, 3.05) is 17.7 Å². The molecular formula is C24H23N5O2S. The molecular weight excluding hydrogens is 422 g/mol. The van der Waals surface area contributed by atoms with Crippen molar-refractivity contribution in [1.29, 1.82) is 0 Å². The summed E-state index contributed by atoms with van der Waals surface area (Å²) in [7, 11) is 0. The lowest BCUT2D eigenvalue weighted by molar-refractivity contribution is -0.113. The highest BCUT2D eigenvalue weighted by Gasteiger charge is 2.18. The number of nitrogens with zero attached hydrogens (tertiary/aromatic N) is 4. The Balaban J connectivity index is 1.57. The van der Waals surface area contributed by atoms with E-state index in [4.69, 9.17) is 4.74 Å². The largest absolute Gasteiger partial charge is 0.492 e. The lowest BCUT2D eigenvalue weighted by atomic mass is 10.2. The van der Waals surface area contributed by atoms with Crippen molar-refractivity contribution in [2.24, 2.45) is 0 Å². The number of carbonyl (C=O) groups excluding carboxylic acids is 1. The highest BCUT2D eigenvalue weighted by Crippen LogP contribution is 2.28. The average molecular weight is 446 g/mol. The summed E-state index contributed by atoms with van der Waals surface area (Å²) >= 11 is 1.32. The standard InChI is InChI=1S/C24H23N5O2S/c1-3-31-21-10-5-4-8-19(21)26-22(30)16-32-24-28-27-23(20-9-6-7-15-25-20)29(24)18-13-11-17(2)12-14-18/h4-15H,3,16H2,1-2H3,(H,26,30). The zero-order valence-electron chi connectivity index (χ0n) is 17.9. The molecule has 0 aliphatic heterocycles. The van der Waals surface area contributed by atoms with Crippen molar-refractivity contribution >= 4 is 23.4 Å². The summed E-state index contributed by atoms with van der Waals surface area (Å²) in [5, 5.41) is 12.2. The fourth-order valence-electron chi connectivity index (χ4n) is 3.12. The van der Waals surface area contributed by atoms with Crippen molar-refractivity contribution in [1.82, 2.24) is 19.7 Å². The van der Waals surface area contributed by atoms with Crippen LogP contribution in [0.5, 0.6) is 5.75 Å². The molecule has 0 bridgehead atoms. The molecule has 4 aromatic rings. The molecule has 7 nitrogen and oxygen atoms in total. The minimum absolute atomic E-state index is 0.153. The number of pyridine rings is 1. The number of anilines is 1. The van der Waals surface area contributed by atoms with Gasteiger partial charge in [0.2, 0.25) is 5.91 Å². The van der Waals surface area contributed by atoms with Crippen LogP contribution in [0.4, 0.5) is 5.69 Å². The molecule has 2 heterocycles. The van der Waals surface area contributed by atoms with Crippen LogP contribution in [0.3, 0.4) is 0 Å². The number of para-hydroxylation sites is 2. The third-order valence-electron chi connectivity index (χ3n) is 4.61. The van der Waals surface area contributed by atoms with Gasteiger partial charge in [0.05, 0.1) is 18.0 Å².